The molecule has 7 heavy (non-hydrogen) atoms. The van der Waals surface area contributed by atoms with Gasteiger partial charge in [0.15, 0.2) is 0 Å². The van der Waals surface area contributed by atoms with Gasteiger partial charge < -0.3 is 11.1 Å². The lowest BCUT2D eigenvalue weighted by Crippen LogP contribution is -2.06. The quantitative estimate of drug-likeness (QED) is 0.495. The first-order valence-electron chi connectivity index (χ1n) is 2.20. The summed E-state index contributed by atoms with van der Waals surface area (Å²) in [6.45, 7) is 5.25. The lowest BCUT2D eigenvalue weighted by Gasteiger charge is -1.93. The van der Waals surface area contributed by atoms with Gasteiger partial charge in [-0.05, 0) is 6.42 Å². The van der Waals surface area contributed by atoms with Gasteiger partial charge in [0.25, 0.3) is 0 Å². The second kappa shape index (κ2) is 2.39. The third kappa shape index (κ3) is 1.98. The Bertz CT molecular complexity index is 94.3. The summed E-state index contributed by atoms with van der Waals surface area (Å²) in [6.07, 6.45) is 0.676. The van der Waals surface area contributed by atoms with Crippen LogP contribution in [0.15, 0.2) is 12.3 Å². The molecular weight excluding hydrogens is 88.1 g/mol. The third-order valence-electron chi connectivity index (χ3n) is 0.741. The van der Waals surface area contributed by atoms with E-state index in [2.05, 4.69) is 6.58 Å². The molecule has 0 saturated heterocycles. The van der Waals surface area contributed by atoms with Crippen LogP contribution < -0.4 is 5.73 Å². The normalized spacial score (nSPS) is 8.14. The molecule has 0 amide bonds. The summed E-state index contributed by atoms with van der Waals surface area (Å²) in [7, 11) is 0. The fraction of sp³-hybridized carbons (Fsp3) is 0.400. The molecule has 3 N–H and O–H groups in total. The van der Waals surface area contributed by atoms with Crippen molar-refractivity contribution in [2.75, 3.05) is 0 Å². The highest BCUT2D eigenvalue weighted by atomic mass is 14.6. The molecule has 0 rings (SSSR count). The minimum absolute atomic E-state index is 0.377. The van der Waals surface area contributed by atoms with E-state index in [9.17, 15) is 0 Å². The van der Waals surface area contributed by atoms with Gasteiger partial charge in [-0.15, -0.1) is 0 Å². The molecule has 0 aromatic carbocycles. The monoisotopic (exact) mass is 98.1 g/mol. The van der Waals surface area contributed by atoms with E-state index in [-0.39, 0.29) is 0 Å². The van der Waals surface area contributed by atoms with Crippen molar-refractivity contribution in [1.82, 2.24) is 0 Å². The molecule has 0 aliphatic carbocycles. The summed E-state index contributed by atoms with van der Waals surface area (Å²) in [6, 6.07) is 0. The van der Waals surface area contributed by atoms with Crippen LogP contribution in [-0.4, -0.2) is 5.71 Å². The van der Waals surface area contributed by atoms with Crippen LogP contribution in [0.2, 0.25) is 0 Å². The first kappa shape index (κ1) is 6.21. The molecule has 0 fully saturated rings. The fourth-order valence-corrected chi connectivity index (χ4v) is 0.227. The Hall–Kier alpha value is -0.790. The number of hydrogen-bond donors (Lipinski definition) is 2. The number of nitrogens with two attached hydrogens (primary N) is 1. The van der Waals surface area contributed by atoms with Crippen molar-refractivity contribution in [3.63, 3.8) is 0 Å². The first-order chi connectivity index (χ1) is 3.18. The fourth-order valence-electron chi connectivity index (χ4n) is 0.227. The maximum Gasteiger partial charge on any atom is 0.0534 e. The van der Waals surface area contributed by atoms with E-state index in [1.165, 1.54) is 0 Å². The van der Waals surface area contributed by atoms with E-state index in [0.717, 1.165) is 0 Å². The van der Waals surface area contributed by atoms with E-state index in [4.69, 9.17) is 11.1 Å². The van der Waals surface area contributed by atoms with Gasteiger partial charge in [0.2, 0.25) is 0 Å². The third-order valence-corrected chi connectivity index (χ3v) is 0.741. The van der Waals surface area contributed by atoms with Crippen molar-refractivity contribution in [3.8, 4) is 0 Å². The topological polar surface area (TPSA) is 49.9 Å². The smallest absolute Gasteiger partial charge is 0.0534 e. The standard InChI is InChI=1S/C5H10N2/c1-3-5(7)4(2)6/h7H,2-3,6H2,1H3. The van der Waals surface area contributed by atoms with Crippen LogP contribution in [0, 0.1) is 5.41 Å². The van der Waals surface area contributed by atoms with Gasteiger partial charge in [0.05, 0.1) is 5.71 Å². The van der Waals surface area contributed by atoms with Gasteiger partial charge in [0.1, 0.15) is 0 Å². The van der Waals surface area contributed by atoms with Crippen molar-refractivity contribution in [1.29, 1.82) is 5.41 Å². The minimum atomic E-state index is 0.377. The highest BCUT2D eigenvalue weighted by Crippen LogP contribution is 1.85. The Morgan fingerprint density at radius 2 is 2.29 bits per heavy atom. The van der Waals surface area contributed by atoms with Crippen molar-refractivity contribution in [2.24, 2.45) is 5.73 Å². The molecule has 0 saturated carbocycles. The predicted molar refractivity (Wildman–Crippen MR) is 31.3 cm³/mol. The van der Waals surface area contributed by atoms with Crippen LogP contribution in [0.5, 0.6) is 0 Å². The zero-order valence-corrected chi connectivity index (χ0v) is 4.49. The highest BCUT2D eigenvalue weighted by Gasteiger charge is 1.88. The molecule has 0 aromatic rings. The molecule has 0 atom stereocenters. The average molecular weight is 98.1 g/mol. The maximum absolute atomic E-state index is 6.97. The molecule has 2 nitrogen and oxygen atoms in total. The summed E-state index contributed by atoms with van der Waals surface area (Å²) in [5.74, 6) is 0. The molecule has 0 bridgehead atoms. The van der Waals surface area contributed by atoms with Crippen molar-refractivity contribution in [3.05, 3.63) is 12.3 Å². The Kier molecular flexibility index (Phi) is 2.12. The zero-order valence-electron chi connectivity index (χ0n) is 4.49. The van der Waals surface area contributed by atoms with Crippen LogP contribution in [0.1, 0.15) is 13.3 Å². The number of rotatable bonds is 2. The molecule has 0 aliphatic rings. The summed E-state index contributed by atoms with van der Waals surface area (Å²) in [4.78, 5) is 0. The van der Waals surface area contributed by atoms with Crippen molar-refractivity contribution < 1.29 is 0 Å². The lowest BCUT2D eigenvalue weighted by molar-refractivity contribution is 1.22. The molecule has 40 valence electrons. The second-order valence-electron chi connectivity index (χ2n) is 1.36. The van der Waals surface area contributed by atoms with Crippen molar-refractivity contribution >= 4 is 5.71 Å². The Morgan fingerprint density at radius 3 is 2.29 bits per heavy atom. The SMILES string of the molecule is C=C(N)C(=N)CC. The Balaban J connectivity index is 3.58. The summed E-state index contributed by atoms with van der Waals surface area (Å²) in [5, 5.41) is 6.97. The second-order valence-corrected chi connectivity index (χ2v) is 1.36. The summed E-state index contributed by atoms with van der Waals surface area (Å²) >= 11 is 0. The molecule has 0 aromatic heterocycles. The van der Waals surface area contributed by atoms with E-state index in [1.807, 2.05) is 6.92 Å². The van der Waals surface area contributed by atoms with E-state index < -0.39 is 0 Å². The first-order valence-corrected chi connectivity index (χ1v) is 2.20. The summed E-state index contributed by atoms with van der Waals surface area (Å²) in [5.41, 5.74) is 5.94. The van der Waals surface area contributed by atoms with E-state index in [0.29, 0.717) is 17.8 Å². The molecular formula is C5H10N2. The maximum atomic E-state index is 6.97. The van der Waals surface area contributed by atoms with Crippen LogP contribution in [-0.2, 0) is 0 Å². The highest BCUT2D eigenvalue weighted by molar-refractivity contribution is 5.95. The van der Waals surface area contributed by atoms with Crippen LogP contribution in [0.25, 0.3) is 0 Å². The molecule has 0 radical (unpaired) electrons. The van der Waals surface area contributed by atoms with Gasteiger partial charge in [0, 0.05) is 5.70 Å². The van der Waals surface area contributed by atoms with Gasteiger partial charge >= 0.3 is 0 Å². The number of nitrogens with one attached hydrogen (secondary N) is 1. The minimum Gasteiger partial charge on any atom is -0.398 e. The lowest BCUT2D eigenvalue weighted by atomic mass is 10.2. The van der Waals surface area contributed by atoms with Crippen molar-refractivity contribution in [2.45, 2.75) is 13.3 Å². The Labute approximate surface area is 43.5 Å². The molecule has 0 aliphatic heterocycles. The largest absolute Gasteiger partial charge is 0.398 e. The molecule has 0 spiro atoms. The number of hydrogen-bond acceptors (Lipinski definition) is 2. The average Bonchev–Trinajstić information content (AvgIpc) is 1.65. The van der Waals surface area contributed by atoms with Crippen LogP contribution in [0.3, 0.4) is 0 Å². The zero-order chi connectivity index (χ0) is 5.86. The summed E-state index contributed by atoms with van der Waals surface area (Å²) < 4.78 is 0. The number of allylic oxidation sites excluding steroid dienone is 1. The van der Waals surface area contributed by atoms with Crippen LogP contribution >= 0.6 is 0 Å². The predicted octanol–water partition coefficient (Wildman–Crippen LogP) is 0.889. The Morgan fingerprint density at radius 1 is 1.86 bits per heavy atom. The van der Waals surface area contributed by atoms with Gasteiger partial charge in [-0.25, -0.2) is 0 Å². The van der Waals surface area contributed by atoms with Crippen LogP contribution in [0.4, 0.5) is 0 Å². The van der Waals surface area contributed by atoms with Gasteiger partial charge in [-0.3, -0.25) is 0 Å². The molecule has 0 unspecified atom stereocenters. The molecule has 0 heterocycles. The van der Waals surface area contributed by atoms with Gasteiger partial charge in [-0.1, -0.05) is 13.5 Å². The van der Waals surface area contributed by atoms with E-state index in [1.54, 1.807) is 0 Å². The molecule has 2 heteroatoms. The van der Waals surface area contributed by atoms with E-state index >= 15 is 0 Å². The van der Waals surface area contributed by atoms with Gasteiger partial charge in [-0.2, -0.15) is 0 Å².